The van der Waals surface area contributed by atoms with Gasteiger partial charge in [0.05, 0.1) is 25.5 Å². The molecule has 0 saturated heterocycles. The van der Waals surface area contributed by atoms with Gasteiger partial charge in [-0.15, -0.1) is 0 Å². The van der Waals surface area contributed by atoms with E-state index in [1.54, 1.807) is 12.1 Å². The van der Waals surface area contributed by atoms with Crippen molar-refractivity contribution in [1.82, 2.24) is 9.78 Å². The number of H-pyrrole nitrogens is 1. The van der Waals surface area contributed by atoms with Gasteiger partial charge in [-0.05, 0) is 57.6 Å². The summed E-state index contributed by atoms with van der Waals surface area (Å²) in [5, 5.41) is 3.04. The van der Waals surface area contributed by atoms with Crippen molar-refractivity contribution in [3.8, 4) is 0 Å². The Bertz CT molecular complexity index is 1630. The highest BCUT2D eigenvalue weighted by Gasteiger charge is 2.42. The van der Waals surface area contributed by atoms with Gasteiger partial charge in [0, 0.05) is 0 Å². The SMILES string of the molecule is O=c1[nH]n(C(c2ccccc2)(c2ccccc2)c2ccccc2)c2ccc(S(=O)(=O)C3CC3)c(Br)c12. The molecule has 180 valence electrons. The molecule has 5 aromatic rings. The summed E-state index contributed by atoms with van der Waals surface area (Å²) in [7, 11) is -3.50. The van der Waals surface area contributed by atoms with Crippen molar-refractivity contribution >= 4 is 36.7 Å². The van der Waals surface area contributed by atoms with Crippen molar-refractivity contribution in [2.24, 2.45) is 0 Å². The van der Waals surface area contributed by atoms with Crippen LogP contribution in [-0.4, -0.2) is 23.4 Å². The van der Waals surface area contributed by atoms with Crippen LogP contribution in [0.5, 0.6) is 0 Å². The third-order valence-electron chi connectivity index (χ3n) is 6.95. The van der Waals surface area contributed by atoms with Gasteiger partial charge in [0.25, 0.3) is 5.56 Å². The molecule has 0 aliphatic heterocycles. The van der Waals surface area contributed by atoms with Crippen LogP contribution in [0.1, 0.15) is 29.5 Å². The maximum absolute atomic E-state index is 13.5. The molecule has 1 aliphatic carbocycles. The summed E-state index contributed by atoms with van der Waals surface area (Å²) in [6.07, 6.45) is 1.31. The van der Waals surface area contributed by atoms with Crippen molar-refractivity contribution in [2.45, 2.75) is 28.5 Å². The minimum absolute atomic E-state index is 0.172. The standard InChI is InChI=1S/C29H23BrN2O3S/c30-27-25(36(34,35)23-16-17-23)19-18-24-26(27)28(33)31-32(24)29(20-10-4-1-5-11-20,21-12-6-2-7-13-21)22-14-8-3-9-15-22/h1-15,18-19,23H,16-17H2,(H,31,33). The number of aromatic amines is 1. The highest BCUT2D eigenvalue weighted by Crippen LogP contribution is 2.44. The predicted molar refractivity (Wildman–Crippen MR) is 145 cm³/mol. The quantitative estimate of drug-likeness (QED) is 0.265. The van der Waals surface area contributed by atoms with E-state index in [1.807, 2.05) is 95.7 Å². The molecule has 1 aliphatic rings. The van der Waals surface area contributed by atoms with E-state index in [0.29, 0.717) is 28.2 Å². The van der Waals surface area contributed by atoms with Crippen LogP contribution in [0.25, 0.3) is 10.9 Å². The zero-order valence-electron chi connectivity index (χ0n) is 19.3. The molecule has 0 spiro atoms. The van der Waals surface area contributed by atoms with Gasteiger partial charge in [0.1, 0.15) is 5.54 Å². The van der Waals surface area contributed by atoms with Gasteiger partial charge < -0.3 is 0 Å². The summed E-state index contributed by atoms with van der Waals surface area (Å²) < 4.78 is 28.4. The fourth-order valence-electron chi connectivity index (χ4n) is 5.13. The third-order valence-corrected chi connectivity index (χ3v) is 10.3. The van der Waals surface area contributed by atoms with Crippen LogP contribution >= 0.6 is 15.9 Å². The Kier molecular flexibility index (Phi) is 5.50. The average molecular weight is 559 g/mol. The first-order chi connectivity index (χ1) is 17.5. The van der Waals surface area contributed by atoms with Crippen LogP contribution in [0.15, 0.2) is 117 Å². The minimum Gasteiger partial charge on any atom is -0.267 e. The van der Waals surface area contributed by atoms with Crippen LogP contribution in [0.4, 0.5) is 0 Å². The summed E-state index contributed by atoms with van der Waals surface area (Å²) in [6, 6.07) is 33.4. The highest BCUT2D eigenvalue weighted by molar-refractivity contribution is 9.10. The Balaban J connectivity index is 1.75. The Morgan fingerprint density at radius 1 is 0.750 bits per heavy atom. The number of fused-ring (bicyclic) bond motifs is 1. The Hall–Kier alpha value is -3.42. The fourth-order valence-corrected chi connectivity index (χ4v) is 8.05. The van der Waals surface area contributed by atoms with Crippen molar-refractivity contribution in [3.63, 3.8) is 0 Å². The number of aromatic nitrogens is 2. The molecule has 0 amide bonds. The van der Waals surface area contributed by atoms with Gasteiger partial charge in [0.15, 0.2) is 9.84 Å². The van der Waals surface area contributed by atoms with Gasteiger partial charge in [-0.2, -0.15) is 0 Å². The number of sulfone groups is 1. The van der Waals surface area contributed by atoms with E-state index < -0.39 is 15.4 Å². The van der Waals surface area contributed by atoms with Crippen molar-refractivity contribution in [3.05, 3.63) is 135 Å². The topological polar surface area (TPSA) is 71.9 Å². The lowest BCUT2D eigenvalue weighted by Crippen LogP contribution is -2.39. The number of benzene rings is 4. The highest BCUT2D eigenvalue weighted by atomic mass is 79.9. The van der Waals surface area contributed by atoms with E-state index in [2.05, 4.69) is 21.0 Å². The smallest absolute Gasteiger partial charge is 0.267 e. The average Bonchev–Trinajstić information content (AvgIpc) is 3.72. The first-order valence-electron chi connectivity index (χ1n) is 11.8. The number of hydrogen-bond acceptors (Lipinski definition) is 3. The molecule has 7 heteroatoms. The summed E-state index contributed by atoms with van der Waals surface area (Å²) in [4.78, 5) is 13.7. The van der Waals surface area contributed by atoms with Crippen LogP contribution < -0.4 is 5.56 Å². The Labute approximate surface area is 217 Å². The van der Waals surface area contributed by atoms with E-state index >= 15 is 0 Å². The van der Waals surface area contributed by atoms with E-state index in [1.165, 1.54) is 0 Å². The molecule has 36 heavy (non-hydrogen) atoms. The zero-order chi connectivity index (χ0) is 24.9. The van der Waals surface area contributed by atoms with E-state index in [-0.39, 0.29) is 15.7 Å². The van der Waals surface area contributed by atoms with Gasteiger partial charge in [0.2, 0.25) is 0 Å². The first kappa shape index (κ1) is 23.0. The van der Waals surface area contributed by atoms with Gasteiger partial charge in [-0.3, -0.25) is 14.6 Å². The second kappa shape index (κ2) is 8.61. The predicted octanol–water partition coefficient (Wildman–Crippen LogP) is 5.87. The maximum Gasteiger partial charge on any atom is 0.273 e. The first-order valence-corrected chi connectivity index (χ1v) is 14.1. The zero-order valence-corrected chi connectivity index (χ0v) is 21.7. The summed E-state index contributed by atoms with van der Waals surface area (Å²) in [6.45, 7) is 0. The van der Waals surface area contributed by atoms with Crippen LogP contribution in [-0.2, 0) is 15.4 Å². The number of nitrogens with one attached hydrogen (secondary N) is 1. The summed E-state index contributed by atoms with van der Waals surface area (Å²) in [5.41, 5.74) is 2.22. The molecule has 0 bridgehead atoms. The number of halogens is 1. The second-order valence-corrected chi connectivity index (χ2v) is 12.1. The Morgan fingerprint density at radius 2 is 1.22 bits per heavy atom. The lowest BCUT2D eigenvalue weighted by atomic mass is 9.77. The monoisotopic (exact) mass is 558 g/mol. The number of nitrogens with zero attached hydrogens (tertiary/aromatic N) is 1. The molecule has 5 nitrogen and oxygen atoms in total. The van der Waals surface area contributed by atoms with E-state index in [0.717, 1.165) is 16.7 Å². The lowest BCUT2D eigenvalue weighted by molar-refractivity contribution is 0.472. The van der Waals surface area contributed by atoms with Crippen molar-refractivity contribution in [1.29, 1.82) is 0 Å². The van der Waals surface area contributed by atoms with E-state index in [4.69, 9.17) is 0 Å². The molecule has 4 aromatic carbocycles. The number of rotatable bonds is 6. The largest absolute Gasteiger partial charge is 0.273 e. The molecular weight excluding hydrogens is 536 g/mol. The summed E-state index contributed by atoms with van der Waals surface area (Å²) >= 11 is 3.50. The molecule has 0 unspecified atom stereocenters. The van der Waals surface area contributed by atoms with Gasteiger partial charge in [-0.1, -0.05) is 91.0 Å². The van der Waals surface area contributed by atoms with Gasteiger partial charge >= 0.3 is 0 Å². The van der Waals surface area contributed by atoms with Crippen molar-refractivity contribution < 1.29 is 8.42 Å². The van der Waals surface area contributed by atoms with Gasteiger partial charge in [-0.25, -0.2) is 8.42 Å². The second-order valence-electron chi connectivity index (χ2n) is 9.10. The normalized spacial score (nSPS) is 14.2. The number of hydrogen-bond donors (Lipinski definition) is 1. The maximum atomic E-state index is 13.5. The lowest BCUT2D eigenvalue weighted by Gasteiger charge is -2.37. The summed E-state index contributed by atoms with van der Waals surface area (Å²) in [5.74, 6) is 0. The Morgan fingerprint density at radius 3 is 1.67 bits per heavy atom. The minimum atomic E-state index is -3.50. The molecule has 0 atom stereocenters. The van der Waals surface area contributed by atoms with Crippen LogP contribution in [0, 0.1) is 0 Å². The molecule has 1 N–H and O–H groups in total. The molecule has 1 heterocycles. The molecule has 0 radical (unpaired) electrons. The van der Waals surface area contributed by atoms with Crippen LogP contribution in [0.3, 0.4) is 0 Å². The van der Waals surface area contributed by atoms with Crippen LogP contribution in [0.2, 0.25) is 0 Å². The molecular formula is C29H23BrN2O3S. The molecule has 1 fully saturated rings. The van der Waals surface area contributed by atoms with Crippen molar-refractivity contribution in [2.75, 3.05) is 0 Å². The van der Waals surface area contributed by atoms with E-state index in [9.17, 15) is 13.2 Å². The molecule has 1 saturated carbocycles. The fraction of sp³-hybridized carbons (Fsp3) is 0.138. The molecule has 1 aromatic heterocycles. The molecule has 6 rings (SSSR count). The third kappa shape index (κ3) is 3.41.